The Bertz CT molecular complexity index is 541. The SMILES string of the molecule is NNC(=O)Cc1cccc(OCc2ccccc2)c1. The van der Waals surface area contributed by atoms with Gasteiger partial charge in [0.2, 0.25) is 5.91 Å². The second kappa shape index (κ2) is 6.56. The van der Waals surface area contributed by atoms with Crippen LogP contribution in [0.3, 0.4) is 0 Å². The predicted octanol–water partition coefficient (Wildman–Crippen LogP) is 1.80. The number of benzene rings is 2. The van der Waals surface area contributed by atoms with Gasteiger partial charge in [-0.05, 0) is 23.3 Å². The van der Waals surface area contributed by atoms with Crippen LogP contribution in [0.25, 0.3) is 0 Å². The van der Waals surface area contributed by atoms with Gasteiger partial charge < -0.3 is 4.74 Å². The number of nitrogens with one attached hydrogen (secondary N) is 1. The van der Waals surface area contributed by atoms with Gasteiger partial charge in [0.15, 0.2) is 0 Å². The fourth-order valence-electron chi connectivity index (χ4n) is 1.72. The van der Waals surface area contributed by atoms with E-state index in [4.69, 9.17) is 10.6 Å². The van der Waals surface area contributed by atoms with E-state index < -0.39 is 0 Å². The Morgan fingerprint density at radius 3 is 2.53 bits per heavy atom. The molecule has 4 nitrogen and oxygen atoms in total. The molecule has 0 aliphatic carbocycles. The molecule has 0 aliphatic rings. The zero-order valence-corrected chi connectivity index (χ0v) is 10.5. The van der Waals surface area contributed by atoms with Crippen LogP contribution < -0.4 is 16.0 Å². The van der Waals surface area contributed by atoms with Crippen molar-refractivity contribution in [3.05, 3.63) is 65.7 Å². The zero-order chi connectivity index (χ0) is 13.5. The molecule has 0 fully saturated rings. The van der Waals surface area contributed by atoms with Crippen LogP contribution in [-0.2, 0) is 17.8 Å². The van der Waals surface area contributed by atoms with Gasteiger partial charge in [0, 0.05) is 0 Å². The van der Waals surface area contributed by atoms with Crippen LogP contribution in [0.15, 0.2) is 54.6 Å². The van der Waals surface area contributed by atoms with Crippen LogP contribution in [0.2, 0.25) is 0 Å². The van der Waals surface area contributed by atoms with Gasteiger partial charge in [0.1, 0.15) is 12.4 Å². The highest BCUT2D eigenvalue weighted by atomic mass is 16.5. The first-order valence-corrected chi connectivity index (χ1v) is 6.03. The van der Waals surface area contributed by atoms with Crippen LogP contribution in [0.4, 0.5) is 0 Å². The molecule has 0 bridgehead atoms. The second-order valence-corrected chi connectivity index (χ2v) is 4.17. The fourth-order valence-corrected chi connectivity index (χ4v) is 1.72. The molecule has 0 saturated carbocycles. The molecule has 0 unspecified atom stereocenters. The summed E-state index contributed by atoms with van der Waals surface area (Å²) in [5.74, 6) is 5.58. The van der Waals surface area contributed by atoms with Crippen LogP contribution in [-0.4, -0.2) is 5.91 Å². The molecule has 0 saturated heterocycles. The third kappa shape index (κ3) is 4.12. The minimum atomic E-state index is -0.222. The normalized spacial score (nSPS) is 9.95. The highest BCUT2D eigenvalue weighted by molar-refractivity contribution is 5.77. The summed E-state index contributed by atoms with van der Waals surface area (Å²) < 4.78 is 5.68. The van der Waals surface area contributed by atoms with E-state index in [-0.39, 0.29) is 12.3 Å². The molecule has 0 atom stereocenters. The van der Waals surface area contributed by atoms with Gasteiger partial charge in [-0.3, -0.25) is 10.2 Å². The molecule has 1 amide bonds. The fraction of sp³-hybridized carbons (Fsp3) is 0.133. The molecular formula is C15H16N2O2. The van der Waals surface area contributed by atoms with Crippen molar-refractivity contribution in [2.45, 2.75) is 13.0 Å². The van der Waals surface area contributed by atoms with Crippen LogP contribution in [0.5, 0.6) is 5.75 Å². The lowest BCUT2D eigenvalue weighted by Gasteiger charge is -2.08. The first-order chi connectivity index (χ1) is 9.28. The molecule has 0 heterocycles. The van der Waals surface area contributed by atoms with Gasteiger partial charge in [-0.1, -0.05) is 42.5 Å². The number of hydrogen-bond donors (Lipinski definition) is 2. The molecular weight excluding hydrogens is 240 g/mol. The Morgan fingerprint density at radius 2 is 1.79 bits per heavy atom. The molecule has 98 valence electrons. The van der Waals surface area contributed by atoms with Crippen molar-refractivity contribution in [1.82, 2.24) is 5.43 Å². The highest BCUT2D eigenvalue weighted by Crippen LogP contribution is 2.15. The van der Waals surface area contributed by atoms with E-state index in [0.29, 0.717) is 6.61 Å². The van der Waals surface area contributed by atoms with E-state index in [1.807, 2.05) is 54.6 Å². The molecule has 0 spiro atoms. The van der Waals surface area contributed by atoms with E-state index in [0.717, 1.165) is 16.9 Å². The lowest BCUT2D eigenvalue weighted by Crippen LogP contribution is -2.31. The molecule has 2 aromatic carbocycles. The summed E-state index contributed by atoms with van der Waals surface area (Å²) in [6.45, 7) is 0.507. The number of carbonyl (C=O) groups is 1. The summed E-state index contributed by atoms with van der Waals surface area (Å²) >= 11 is 0. The van der Waals surface area contributed by atoms with Gasteiger partial charge >= 0.3 is 0 Å². The van der Waals surface area contributed by atoms with Crippen molar-refractivity contribution >= 4 is 5.91 Å². The van der Waals surface area contributed by atoms with E-state index >= 15 is 0 Å². The summed E-state index contributed by atoms with van der Waals surface area (Å²) in [5.41, 5.74) is 4.08. The standard InChI is InChI=1S/C15H16N2O2/c16-17-15(18)10-13-7-4-8-14(9-13)19-11-12-5-2-1-3-6-12/h1-9H,10-11,16H2,(H,17,18). The maximum absolute atomic E-state index is 11.2. The van der Waals surface area contributed by atoms with E-state index in [1.54, 1.807) is 0 Å². The second-order valence-electron chi connectivity index (χ2n) is 4.17. The van der Waals surface area contributed by atoms with Gasteiger partial charge in [-0.25, -0.2) is 5.84 Å². The Morgan fingerprint density at radius 1 is 1.05 bits per heavy atom. The number of amides is 1. The summed E-state index contributed by atoms with van der Waals surface area (Å²) in [7, 11) is 0. The molecule has 2 rings (SSSR count). The topological polar surface area (TPSA) is 64.3 Å². The van der Waals surface area contributed by atoms with Gasteiger partial charge in [-0.15, -0.1) is 0 Å². The van der Waals surface area contributed by atoms with E-state index in [2.05, 4.69) is 5.43 Å². The third-order valence-corrected chi connectivity index (χ3v) is 2.67. The predicted molar refractivity (Wildman–Crippen MR) is 73.3 cm³/mol. The summed E-state index contributed by atoms with van der Waals surface area (Å²) in [4.78, 5) is 11.2. The maximum atomic E-state index is 11.2. The van der Waals surface area contributed by atoms with Gasteiger partial charge in [-0.2, -0.15) is 0 Å². The monoisotopic (exact) mass is 256 g/mol. The third-order valence-electron chi connectivity index (χ3n) is 2.67. The van der Waals surface area contributed by atoms with Crippen molar-refractivity contribution < 1.29 is 9.53 Å². The largest absolute Gasteiger partial charge is 0.489 e. The molecule has 19 heavy (non-hydrogen) atoms. The first kappa shape index (κ1) is 13.1. The molecule has 0 aliphatic heterocycles. The first-order valence-electron chi connectivity index (χ1n) is 6.03. The Balaban J connectivity index is 1.97. The number of nitrogens with two attached hydrogens (primary N) is 1. The minimum absolute atomic E-state index is 0.222. The van der Waals surface area contributed by atoms with Crippen molar-refractivity contribution in [2.75, 3.05) is 0 Å². The number of carbonyl (C=O) groups excluding carboxylic acids is 1. The van der Waals surface area contributed by atoms with Crippen molar-refractivity contribution in [3.8, 4) is 5.75 Å². The van der Waals surface area contributed by atoms with Gasteiger partial charge in [0.05, 0.1) is 6.42 Å². The van der Waals surface area contributed by atoms with Crippen LogP contribution in [0.1, 0.15) is 11.1 Å². The molecule has 3 N–H and O–H groups in total. The molecule has 0 radical (unpaired) electrons. The maximum Gasteiger partial charge on any atom is 0.238 e. The van der Waals surface area contributed by atoms with Crippen LogP contribution in [0, 0.1) is 0 Å². The number of hydrazine groups is 1. The minimum Gasteiger partial charge on any atom is -0.489 e. The van der Waals surface area contributed by atoms with Crippen molar-refractivity contribution in [1.29, 1.82) is 0 Å². The molecule has 2 aromatic rings. The molecule has 0 aromatic heterocycles. The van der Waals surface area contributed by atoms with Crippen molar-refractivity contribution in [2.24, 2.45) is 5.84 Å². The van der Waals surface area contributed by atoms with E-state index in [9.17, 15) is 4.79 Å². The van der Waals surface area contributed by atoms with Crippen molar-refractivity contribution in [3.63, 3.8) is 0 Å². The number of rotatable bonds is 5. The number of hydrogen-bond acceptors (Lipinski definition) is 3. The average molecular weight is 256 g/mol. The highest BCUT2D eigenvalue weighted by Gasteiger charge is 2.03. The summed E-state index contributed by atoms with van der Waals surface area (Å²) in [5, 5.41) is 0. The quantitative estimate of drug-likeness (QED) is 0.487. The average Bonchev–Trinajstić information content (AvgIpc) is 2.46. The number of ether oxygens (including phenoxy) is 1. The van der Waals surface area contributed by atoms with E-state index in [1.165, 1.54) is 0 Å². The Labute approximate surface area is 112 Å². The summed E-state index contributed by atoms with van der Waals surface area (Å²) in [6.07, 6.45) is 0.249. The van der Waals surface area contributed by atoms with Gasteiger partial charge in [0.25, 0.3) is 0 Å². The lowest BCUT2D eigenvalue weighted by atomic mass is 10.1. The summed E-state index contributed by atoms with van der Waals surface area (Å²) in [6, 6.07) is 17.4. The Hall–Kier alpha value is -2.33. The smallest absolute Gasteiger partial charge is 0.238 e. The lowest BCUT2D eigenvalue weighted by molar-refractivity contribution is -0.120. The van der Waals surface area contributed by atoms with Crippen LogP contribution >= 0.6 is 0 Å². The Kier molecular flexibility index (Phi) is 4.53. The zero-order valence-electron chi connectivity index (χ0n) is 10.5. The molecule has 4 heteroatoms.